The number of halogens is 2. The summed E-state index contributed by atoms with van der Waals surface area (Å²) in [6, 6.07) is 12.2. The topological polar surface area (TPSA) is 73.2 Å². The summed E-state index contributed by atoms with van der Waals surface area (Å²) in [6.07, 6.45) is -2.63. The van der Waals surface area contributed by atoms with Crippen LogP contribution in [0.25, 0.3) is 0 Å². The lowest BCUT2D eigenvalue weighted by Gasteiger charge is -2.16. The molecule has 0 unspecified atom stereocenters. The number of Topliss-reactive ketones (excluding diaryl/α,β-unsaturated/α-hetero) is 1. The smallest absolute Gasteiger partial charge is 0.263 e. The molecule has 0 aliphatic carbocycles. The van der Waals surface area contributed by atoms with Gasteiger partial charge in [-0.05, 0) is 38.5 Å². The molecule has 2 aromatic carbocycles. The molecule has 0 aliphatic heterocycles. The first-order valence-electron chi connectivity index (χ1n) is 9.68. The molecule has 0 spiro atoms. The van der Waals surface area contributed by atoms with Crippen LogP contribution in [0.1, 0.15) is 63.9 Å². The van der Waals surface area contributed by atoms with Crippen molar-refractivity contribution in [3.8, 4) is 11.6 Å². The Kier molecular flexibility index (Phi) is 6.48. The molecule has 1 N–H and O–H groups in total. The van der Waals surface area contributed by atoms with Gasteiger partial charge in [0, 0.05) is 18.2 Å². The van der Waals surface area contributed by atoms with Gasteiger partial charge in [0.2, 0.25) is 5.88 Å². The monoisotopic (exact) mass is 427 g/mol. The Bertz CT molecular complexity index is 1110. The molecule has 0 saturated heterocycles. The first-order valence-corrected chi connectivity index (χ1v) is 9.68. The summed E-state index contributed by atoms with van der Waals surface area (Å²) in [7, 11) is 1.61. The molecular weight excluding hydrogens is 404 g/mol. The van der Waals surface area contributed by atoms with Crippen molar-refractivity contribution < 1.29 is 23.1 Å². The zero-order valence-electron chi connectivity index (χ0n) is 17.6. The van der Waals surface area contributed by atoms with Crippen molar-refractivity contribution in [2.45, 2.75) is 33.2 Å². The predicted octanol–water partition coefficient (Wildman–Crippen LogP) is 5.15. The molecule has 0 saturated carbocycles. The summed E-state index contributed by atoms with van der Waals surface area (Å²) in [5.41, 5.74) is 1.90. The molecule has 3 aromatic rings. The molecular formula is C23H23F2N3O3. The van der Waals surface area contributed by atoms with Crippen molar-refractivity contribution in [3.63, 3.8) is 0 Å². The highest BCUT2D eigenvalue weighted by Gasteiger charge is 2.24. The van der Waals surface area contributed by atoms with Gasteiger partial charge in [-0.25, -0.2) is 13.5 Å². The van der Waals surface area contributed by atoms with E-state index in [1.54, 1.807) is 38.2 Å². The van der Waals surface area contributed by atoms with Gasteiger partial charge in [-0.15, -0.1) is 0 Å². The fourth-order valence-corrected chi connectivity index (χ4v) is 3.20. The number of aromatic nitrogens is 2. The molecule has 0 aliphatic rings. The summed E-state index contributed by atoms with van der Waals surface area (Å²) in [5.74, 6) is -0.107. The predicted molar refractivity (Wildman–Crippen MR) is 112 cm³/mol. The van der Waals surface area contributed by atoms with Crippen molar-refractivity contribution in [2.24, 2.45) is 7.05 Å². The van der Waals surface area contributed by atoms with Crippen LogP contribution >= 0.6 is 0 Å². The number of hydrogen-bond acceptors (Lipinski definition) is 4. The van der Waals surface area contributed by atoms with Gasteiger partial charge in [0.15, 0.2) is 5.78 Å². The van der Waals surface area contributed by atoms with E-state index >= 15 is 0 Å². The Labute approximate surface area is 178 Å². The number of amides is 1. The van der Waals surface area contributed by atoms with Crippen LogP contribution in [-0.4, -0.2) is 21.5 Å². The average Bonchev–Trinajstić information content (AvgIpc) is 3.01. The second kappa shape index (κ2) is 9.07. The Morgan fingerprint density at radius 2 is 1.77 bits per heavy atom. The Balaban J connectivity index is 1.83. The van der Waals surface area contributed by atoms with Crippen molar-refractivity contribution in [1.29, 1.82) is 0 Å². The third-order valence-electron chi connectivity index (χ3n) is 4.89. The minimum Gasteiger partial charge on any atom is -0.438 e. The summed E-state index contributed by atoms with van der Waals surface area (Å²) >= 11 is 0. The van der Waals surface area contributed by atoms with Crippen LogP contribution in [0.3, 0.4) is 0 Å². The number of ketones is 1. The van der Waals surface area contributed by atoms with Gasteiger partial charge in [-0.2, -0.15) is 5.10 Å². The molecule has 0 fully saturated rings. The number of carbonyl (C=O) groups excluding carboxylic acids is 2. The van der Waals surface area contributed by atoms with E-state index in [-0.39, 0.29) is 34.6 Å². The van der Waals surface area contributed by atoms with E-state index in [1.807, 2.05) is 6.92 Å². The normalized spacial score (nSPS) is 12.0. The largest absolute Gasteiger partial charge is 0.438 e. The van der Waals surface area contributed by atoms with Gasteiger partial charge in [-0.1, -0.05) is 36.4 Å². The first-order chi connectivity index (χ1) is 14.7. The second-order valence-corrected chi connectivity index (χ2v) is 7.24. The fourth-order valence-electron chi connectivity index (χ4n) is 3.20. The van der Waals surface area contributed by atoms with Gasteiger partial charge in [-0.3, -0.25) is 9.59 Å². The third kappa shape index (κ3) is 4.96. The van der Waals surface area contributed by atoms with Crippen LogP contribution in [-0.2, 0) is 7.05 Å². The van der Waals surface area contributed by atoms with E-state index in [1.165, 1.54) is 35.9 Å². The van der Waals surface area contributed by atoms with Crippen molar-refractivity contribution in [1.82, 2.24) is 15.1 Å². The molecule has 1 heterocycles. The van der Waals surface area contributed by atoms with Crippen LogP contribution in [0.2, 0.25) is 0 Å². The number of carbonyl (C=O) groups is 2. The van der Waals surface area contributed by atoms with E-state index in [4.69, 9.17) is 4.74 Å². The van der Waals surface area contributed by atoms with Gasteiger partial charge < -0.3 is 10.1 Å². The van der Waals surface area contributed by atoms with E-state index in [2.05, 4.69) is 10.4 Å². The highest BCUT2D eigenvalue weighted by molar-refractivity contribution is 5.98. The van der Waals surface area contributed by atoms with Crippen LogP contribution in [0, 0.1) is 6.92 Å². The standard InChI is InChI=1S/C23H23F2N3O3/c1-13(16-8-10-17(11-9-16)15(3)29)26-22(30)20-14(2)27-28(4)23(20)31-19-7-5-6-18(12-19)21(24)25/h5-13,21H,1-4H3,(H,26,30)/t13-/m0/s1. The van der Waals surface area contributed by atoms with Gasteiger partial charge >= 0.3 is 0 Å². The Hall–Kier alpha value is -3.55. The molecule has 1 atom stereocenters. The molecule has 1 amide bonds. The maximum absolute atomic E-state index is 13.0. The lowest BCUT2D eigenvalue weighted by molar-refractivity contribution is 0.0935. The molecule has 6 nitrogen and oxygen atoms in total. The second-order valence-electron chi connectivity index (χ2n) is 7.24. The number of hydrogen-bond donors (Lipinski definition) is 1. The minimum atomic E-state index is -2.63. The van der Waals surface area contributed by atoms with E-state index in [9.17, 15) is 18.4 Å². The van der Waals surface area contributed by atoms with Crippen molar-refractivity contribution in [2.75, 3.05) is 0 Å². The fraction of sp³-hybridized carbons (Fsp3) is 0.261. The van der Waals surface area contributed by atoms with Gasteiger partial charge in [0.05, 0.1) is 11.7 Å². The lowest BCUT2D eigenvalue weighted by Crippen LogP contribution is -2.27. The quantitative estimate of drug-likeness (QED) is 0.529. The Morgan fingerprint density at radius 1 is 1.10 bits per heavy atom. The van der Waals surface area contributed by atoms with Crippen LogP contribution < -0.4 is 10.1 Å². The SMILES string of the molecule is CC(=O)c1ccc([C@H](C)NC(=O)c2c(C)nn(C)c2Oc2cccc(C(F)F)c2)cc1. The molecule has 3 rings (SSSR count). The summed E-state index contributed by atoms with van der Waals surface area (Å²) < 4.78 is 33.2. The van der Waals surface area contributed by atoms with E-state index in [0.717, 1.165) is 5.56 Å². The van der Waals surface area contributed by atoms with Crippen LogP contribution in [0.15, 0.2) is 48.5 Å². The molecule has 1 aromatic heterocycles. The number of alkyl halides is 2. The van der Waals surface area contributed by atoms with Crippen LogP contribution in [0.4, 0.5) is 8.78 Å². The molecule has 31 heavy (non-hydrogen) atoms. The number of benzene rings is 2. The van der Waals surface area contributed by atoms with Gasteiger partial charge in [0.25, 0.3) is 12.3 Å². The highest BCUT2D eigenvalue weighted by atomic mass is 19.3. The number of nitrogens with one attached hydrogen (secondary N) is 1. The van der Waals surface area contributed by atoms with E-state index in [0.29, 0.717) is 11.3 Å². The number of ether oxygens (including phenoxy) is 1. The third-order valence-corrected chi connectivity index (χ3v) is 4.89. The maximum atomic E-state index is 13.0. The first kappa shape index (κ1) is 22.1. The molecule has 0 radical (unpaired) electrons. The van der Waals surface area contributed by atoms with Crippen molar-refractivity contribution >= 4 is 11.7 Å². The highest BCUT2D eigenvalue weighted by Crippen LogP contribution is 2.30. The Morgan fingerprint density at radius 3 is 2.39 bits per heavy atom. The average molecular weight is 427 g/mol. The summed E-state index contributed by atoms with van der Waals surface area (Å²) in [4.78, 5) is 24.4. The molecule has 162 valence electrons. The van der Waals surface area contributed by atoms with Crippen LogP contribution in [0.5, 0.6) is 11.6 Å². The lowest BCUT2D eigenvalue weighted by atomic mass is 10.0. The number of rotatable bonds is 7. The molecule has 0 bridgehead atoms. The number of aryl methyl sites for hydroxylation is 2. The minimum absolute atomic E-state index is 0.0353. The summed E-state index contributed by atoms with van der Waals surface area (Å²) in [6.45, 7) is 4.98. The van der Waals surface area contributed by atoms with Gasteiger partial charge in [0.1, 0.15) is 11.3 Å². The molecule has 8 heteroatoms. The summed E-state index contributed by atoms with van der Waals surface area (Å²) in [5, 5.41) is 7.14. The number of nitrogens with zero attached hydrogens (tertiary/aromatic N) is 2. The maximum Gasteiger partial charge on any atom is 0.263 e. The zero-order valence-corrected chi connectivity index (χ0v) is 17.6. The van der Waals surface area contributed by atoms with E-state index < -0.39 is 12.3 Å². The van der Waals surface area contributed by atoms with Crippen molar-refractivity contribution in [3.05, 3.63) is 76.5 Å². The zero-order chi connectivity index (χ0) is 22.7.